The van der Waals surface area contributed by atoms with E-state index in [2.05, 4.69) is 10.6 Å². The number of thiazole rings is 1. The van der Waals surface area contributed by atoms with E-state index in [0.717, 1.165) is 10.6 Å². The van der Waals surface area contributed by atoms with Crippen LogP contribution in [0.2, 0.25) is 0 Å². The van der Waals surface area contributed by atoms with Gasteiger partial charge in [-0.3, -0.25) is 14.4 Å². The predicted octanol–water partition coefficient (Wildman–Crippen LogP) is 1.67. The summed E-state index contributed by atoms with van der Waals surface area (Å²) in [5, 5.41) is 5.42. The number of halogens is 1. The van der Waals surface area contributed by atoms with Gasteiger partial charge in [-0.05, 0) is 26.0 Å². The first-order valence-corrected chi connectivity index (χ1v) is 8.79. The number of rotatable bonds is 7. The largest absolute Gasteiger partial charge is 0.351 e. The normalized spacial score (nSPS) is 10.1. The van der Waals surface area contributed by atoms with Crippen molar-refractivity contribution in [2.75, 3.05) is 18.4 Å². The number of anilines is 1. The van der Waals surface area contributed by atoms with Crippen molar-refractivity contribution in [2.45, 2.75) is 26.8 Å². The SMILES string of the molecule is Cc1sc(=O)n(CCC(=O)Nc2ccccc2C(=O)NCCN)c1C.Cl. The molecular formula is C17H23ClN4O3S. The van der Waals surface area contributed by atoms with Gasteiger partial charge in [-0.1, -0.05) is 23.5 Å². The van der Waals surface area contributed by atoms with Crippen molar-refractivity contribution in [1.82, 2.24) is 9.88 Å². The molecule has 0 radical (unpaired) electrons. The van der Waals surface area contributed by atoms with Crippen LogP contribution in [0.5, 0.6) is 0 Å². The Balaban J connectivity index is 0.00000338. The van der Waals surface area contributed by atoms with Gasteiger partial charge in [-0.2, -0.15) is 0 Å². The van der Waals surface area contributed by atoms with Crippen LogP contribution in [0.25, 0.3) is 0 Å². The third kappa shape index (κ3) is 5.42. The Labute approximate surface area is 162 Å². The zero-order valence-electron chi connectivity index (χ0n) is 14.7. The van der Waals surface area contributed by atoms with Gasteiger partial charge in [0, 0.05) is 36.6 Å². The lowest BCUT2D eigenvalue weighted by Crippen LogP contribution is -2.30. The van der Waals surface area contributed by atoms with E-state index in [-0.39, 0.29) is 35.5 Å². The number of para-hydroxylation sites is 1. The van der Waals surface area contributed by atoms with Crippen LogP contribution in [0.3, 0.4) is 0 Å². The molecule has 1 aromatic carbocycles. The fraction of sp³-hybridized carbons (Fsp3) is 0.353. The predicted molar refractivity (Wildman–Crippen MR) is 106 cm³/mol. The number of nitrogens with one attached hydrogen (secondary N) is 2. The molecule has 4 N–H and O–H groups in total. The average Bonchev–Trinajstić information content (AvgIpc) is 2.83. The summed E-state index contributed by atoms with van der Waals surface area (Å²) in [5.41, 5.74) is 7.08. The van der Waals surface area contributed by atoms with Crippen LogP contribution in [-0.2, 0) is 11.3 Å². The minimum absolute atomic E-state index is 0. The van der Waals surface area contributed by atoms with E-state index in [1.807, 2.05) is 13.8 Å². The molecule has 2 rings (SSSR count). The second kappa shape index (κ2) is 10.1. The lowest BCUT2D eigenvalue weighted by Gasteiger charge is -2.11. The highest BCUT2D eigenvalue weighted by molar-refractivity contribution is 7.09. The van der Waals surface area contributed by atoms with E-state index in [4.69, 9.17) is 5.73 Å². The highest BCUT2D eigenvalue weighted by Crippen LogP contribution is 2.16. The Bertz CT molecular complexity index is 832. The first kappa shape index (κ1) is 21.9. The van der Waals surface area contributed by atoms with Crippen LogP contribution in [0.4, 0.5) is 5.69 Å². The van der Waals surface area contributed by atoms with Gasteiger partial charge in [-0.15, -0.1) is 12.4 Å². The van der Waals surface area contributed by atoms with E-state index >= 15 is 0 Å². The zero-order valence-corrected chi connectivity index (χ0v) is 16.3. The number of aromatic nitrogens is 1. The Morgan fingerprint density at radius 3 is 2.54 bits per heavy atom. The van der Waals surface area contributed by atoms with E-state index < -0.39 is 0 Å². The maximum absolute atomic E-state index is 12.2. The van der Waals surface area contributed by atoms with E-state index in [0.29, 0.717) is 30.9 Å². The Morgan fingerprint density at radius 1 is 1.23 bits per heavy atom. The first-order chi connectivity index (χ1) is 11.9. The summed E-state index contributed by atoms with van der Waals surface area (Å²) >= 11 is 1.18. The number of nitrogens with zero attached hydrogens (tertiary/aromatic N) is 1. The minimum atomic E-state index is -0.290. The van der Waals surface area contributed by atoms with Crippen LogP contribution in [0, 0.1) is 13.8 Å². The molecule has 0 unspecified atom stereocenters. The molecule has 0 spiro atoms. The van der Waals surface area contributed by atoms with Gasteiger partial charge in [-0.25, -0.2) is 0 Å². The lowest BCUT2D eigenvalue weighted by molar-refractivity contribution is -0.116. The van der Waals surface area contributed by atoms with Gasteiger partial charge < -0.3 is 20.9 Å². The number of benzene rings is 1. The fourth-order valence-corrected chi connectivity index (χ4v) is 3.20. The lowest BCUT2D eigenvalue weighted by atomic mass is 10.1. The van der Waals surface area contributed by atoms with Crippen molar-refractivity contribution in [3.8, 4) is 0 Å². The maximum Gasteiger partial charge on any atom is 0.307 e. The molecule has 0 saturated carbocycles. The molecule has 7 nitrogen and oxygen atoms in total. The van der Waals surface area contributed by atoms with Gasteiger partial charge in [0.25, 0.3) is 5.91 Å². The second-order valence-corrected chi connectivity index (χ2v) is 6.72. The standard InChI is InChI=1S/C17H22N4O3S.ClH/c1-11-12(2)25-17(24)21(11)10-7-15(22)20-14-6-4-3-5-13(14)16(23)19-9-8-18;/h3-6H,7-10,18H2,1-2H3,(H,19,23)(H,20,22);1H. The Hall–Kier alpha value is -2.16. The molecule has 0 atom stereocenters. The molecule has 1 aromatic heterocycles. The summed E-state index contributed by atoms with van der Waals surface area (Å²) in [4.78, 5) is 37.1. The molecule has 0 aliphatic rings. The summed E-state index contributed by atoms with van der Waals surface area (Å²) in [5.74, 6) is -0.545. The van der Waals surface area contributed by atoms with Crippen molar-refractivity contribution in [3.05, 3.63) is 50.1 Å². The monoisotopic (exact) mass is 398 g/mol. The van der Waals surface area contributed by atoms with Gasteiger partial charge >= 0.3 is 4.87 Å². The first-order valence-electron chi connectivity index (χ1n) is 7.98. The van der Waals surface area contributed by atoms with E-state index in [1.54, 1.807) is 28.8 Å². The molecule has 9 heteroatoms. The van der Waals surface area contributed by atoms with Gasteiger partial charge in [0.05, 0.1) is 11.3 Å². The molecule has 0 fully saturated rings. The summed E-state index contributed by atoms with van der Waals surface area (Å²) in [6, 6.07) is 6.77. The average molecular weight is 399 g/mol. The summed E-state index contributed by atoms with van der Waals surface area (Å²) in [7, 11) is 0. The molecule has 142 valence electrons. The van der Waals surface area contributed by atoms with Crippen molar-refractivity contribution in [1.29, 1.82) is 0 Å². The van der Waals surface area contributed by atoms with Crippen LogP contribution >= 0.6 is 23.7 Å². The van der Waals surface area contributed by atoms with Crippen LogP contribution in [0.1, 0.15) is 27.3 Å². The number of carbonyl (C=O) groups is 2. The Kier molecular flexibility index (Phi) is 8.50. The quantitative estimate of drug-likeness (QED) is 0.659. The fourth-order valence-electron chi connectivity index (χ4n) is 2.34. The molecule has 2 amide bonds. The van der Waals surface area contributed by atoms with Crippen molar-refractivity contribution < 1.29 is 9.59 Å². The van der Waals surface area contributed by atoms with Gasteiger partial charge in [0.1, 0.15) is 0 Å². The number of hydrogen-bond acceptors (Lipinski definition) is 5. The molecule has 2 aromatic rings. The molecule has 0 aliphatic carbocycles. The highest BCUT2D eigenvalue weighted by atomic mass is 35.5. The molecule has 0 saturated heterocycles. The minimum Gasteiger partial charge on any atom is -0.351 e. The smallest absolute Gasteiger partial charge is 0.307 e. The van der Waals surface area contributed by atoms with Crippen molar-refractivity contribution in [2.24, 2.45) is 5.73 Å². The summed E-state index contributed by atoms with van der Waals surface area (Å²) in [6.07, 6.45) is 0.148. The number of amides is 2. The molecule has 0 bridgehead atoms. The number of carbonyl (C=O) groups excluding carboxylic acids is 2. The van der Waals surface area contributed by atoms with Crippen LogP contribution < -0.4 is 21.2 Å². The van der Waals surface area contributed by atoms with Crippen molar-refractivity contribution in [3.63, 3.8) is 0 Å². The van der Waals surface area contributed by atoms with Gasteiger partial charge in [0.2, 0.25) is 5.91 Å². The second-order valence-electron chi connectivity index (χ2n) is 5.55. The van der Waals surface area contributed by atoms with Crippen molar-refractivity contribution >= 4 is 41.2 Å². The Morgan fingerprint density at radius 2 is 1.92 bits per heavy atom. The highest BCUT2D eigenvalue weighted by Gasteiger charge is 2.14. The van der Waals surface area contributed by atoms with E-state index in [9.17, 15) is 14.4 Å². The summed E-state index contributed by atoms with van der Waals surface area (Å²) < 4.78 is 1.60. The third-order valence-corrected chi connectivity index (χ3v) is 4.81. The van der Waals surface area contributed by atoms with E-state index in [1.165, 1.54) is 11.3 Å². The van der Waals surface area contributed by atoms with Gasteiger partial charge in [0.15, 0.2) is 0 Å². The van der Waals surface area contributed by atoms with Crippen LogP contribution in [0.15, 0.2) is 29.1 Å². The zero-order chi connectivity index (χ0) is 18.4. The topological polar surface area (TPSA) is 106 Å². The maximum atomic E-state index is 12.2. The number of nitrogens with two attached hydrogens (primary N) is 1. The summed E-state index contributed by atoms with van der Waals surface area (Å²) in [6.45, 7) is 4.76. The molecule has 1 heterocycles. The number of hydrogen-bond donors (Lipinski definition) is 3. The molecule has 0 aliphatic heterocycles. The van der Waals surface area contributed by atoms with Crippen LogP contribution in [-0.4, -0.2) is 29.5 Å². The third-order valence-electron chi connectivity index (χ3n) is 3.81. The molecule has 26 heavy (non-hydrogen) atoms. The molecular weight excluding hydrogens is 376 g/mol. The number of aryl methyl sites for hydroxylation is 1.